The number of aryl methyl sites for hydroxylation is 1. The summed E-state index contributed by atoms with van der Waals surface area (Å²) in [4.78, 5) is 11.8. The van der Waals surface area contributed by atoms with Crippen molar-refractivity contribution in [3.63, 3.8) is 0 Å². The summed E-state index contributed by atoms with van der Waals surface area (Å²) in [5.74, 6) is -0.570. The predicted octanol–water partition coefficient (Wildman–Crippen LogP) is 3.36. The molecular weight excluding hydrogens is 245 g/mol. The van der Waals surface area contributed by atoms with Crippen molar-refractivity contribution in [2.75, 3.05) is 16.4 Å². The first-order chi connectivity index (χ1) is 9.06. The molecule has 4 N–H and O–H groups in total. The van der Waals surface area contributed by atoms with Crippen molar-refractivity contribution in [3.05, 3.63) is 53.8 Å². The van der Waals surface area contributed by atoms with Gasteiger partial charge in [-0.25, -0.2) is 9.18 Å². The molecule has 0 saturated heterocycles. The van der Waals surface area contributed by atoms with Crippen LogP contribution in [0, 0.1) is 12.7 Å². The molecule has 0 atom stereocenters. The van der Waals surface area contributed by atoms with Crippen LogP contribution in [0.4, 0.5) is 26.2 Å². The molecule has 4 nitrogen and oxygen atoms in total. The van der Waals surface area contributed by atoms with Gasteiger partial charge in [-0.15, -0.1) is 0 Å². The fraction of sp³-hybridized carbons (Fsp3) is 0.0714. The van der Waals surface area contributed by atoms with E-state index in [1.165, 1.54) is 18.2 Å². The van der Waals surface area contributed by atoms with Crippen LogP contribution in [-0.2, 0) is 0 Å². The van der Waals surface area contributed by atoms with Gasteiger partial charge < -0.3 is 16.4 Å². The molecular formula is C14H14FN3O. The van der Waals surface area contributed by atoms with Crippen molar-refractivity contribution in [2.24, 2.45) is 0 Å². The largest absolute Gasteiger partial charge is 0.397 e. The van der Waals surface area contributed by atoms with Crippen molar-refractivity contribution < 1.29 is 9.18 Å². The minimum atomic E-state index is -0.570. The molecule has 0 radical (unpaired) electrons. The van der Waals surface area contributed by atoms with Crippen LogP contribution in [0.5, 0.6) is 0 Å². The summed E-state index contributed by atoms with van der Waals surface area (Å²) in [5, 5.41) is 5.01. The van der Waals surface area contributed by atoms with Crippen LogP contribution >= 0.6 is 0 Å². The maximum atomic E-state index is 13.5. The number of carbonyl (C=O) groups is 1. The molecule has 19 heavy (non-hydrogen) atoms. The Morgan fingerprint density at radius 2 is 1.89 bits per heavy atom. The van der Waals surface area contributed by atoms with Crippen molar-refractivity contribution in [2.45, 2.75) is 6.92 Å². The van der Waals surface area contributed by atoms with Gasteiger partial charge in [-0.3, -0.25) is 0 Å². The summed E-state index contributed by atoms with van der Waals surface area (Å²) >= 11 is 0. The number of anilines is 3. The minimum Gasteiger partial charge on any atom is -0.397 e. The Morgan fingerprint density at radius 1 is 1.16 bits per heavy atom. The van der Waals surface area contributed by atoms with E-state index >= 15 is 0 Å². The SMILES string of the molecule is Cc1cccc(NC(=O)Nc2c(N)cccc2F)c1. The zero-order chi connectivity index (χ0) is 13.8. The van der Waals surface area contributed by atoms with E-state index in [-0.39, 0.29) is 11.4 Å². The molecule has 0 unspecified atom stereocenters. The Balaban J connectivity index is 2.10. The second-order valence-electron chi connectivity index (χ2n) is 4.15. The topological polar surface area (TPSA) is 67.2 Å². The van der Waals surface area contributed by atoms with Crippen LogP contribution < -0.4 is 16.4 Å². The summed E-state index contributed by atoms with van der Waals surface area (Å²) in [6.07, 6.45) is 0. The highest BCUT2D eigenvalue weighted by atomic mass is 19.1. The monoisotopic (exact) mass is 259 g/mol. The number of carbonyl (C=O) groups excluding carboxylic acids is 1. The number of nitrogens with one attached hydrogen (secondary N) is 2. The zero-order valence-electron chi connectivity index (χ0n) is 10.4. The van der Waals surface area contributed by atoms with Crippen molar-refractivity contribution in [1.29, 1.82) is 0 Å². The van der Waals surface area contributed by atoms with Crippen LogP contribution in [0.2, 0.25) is 0 Å². The van der Waals surface area contributed by atoms with E-state index < -0.39 is 11.8 Å². The predicted molar refractivity (Wildman–Crippen MR) is 74.6 cm³/mol. The first-order valence-corrected chi connectivity index (χ1v) is 5.75. The van der Waals surface area contributed by atoms with Crippen LogP contribution in [0.3, 0.4) is 0 Å². The van der Waals surface area contributed by atoms with Gasteiger partial charge in [0.25, 0.3) is 0 Å². The number of nitrogens with two attached hydrogens (primary N) is 1. The van der Waals surface area contributed by atoms with Crippen molar-refractivity contribution in [3.8, 4) is 0 Å². The number of halogens is 1. The number of amides is 2. The van der Waals surface area contributed by atoms with E-state index in [2.05, 4.69) is 10.6 Å². The molecule has 2 amide bonds. The smallest absolute Gasteiger partial charge is 0.323 e. The highest BCUT2D eigenvalue weighted by Crippen LogP contribution is 2.22. The number of hydrogen-bond acceptors (Lipinski definition) is 2. The number of hydrogen-bond donors (Lipinski definition) is 3. The Kier molecular flexibility index (Phi) is 3.66. The molecule has 0 aliphatic rings. The molecule has 2 aromatic carbocycles. The molecule has 0 heterocycles. The second kappa shape index (κ2) is 5.39. The maximum Gasteiger partial charge on any atom is 0.323 e. The molecule has 0 aromatic heterocycles. The normalized spacial score (nSPS) is 10.0. The van der Waals surface area contributed by atoms with Gasteiger partial charge in [0.05, 0.1) is 5.69 Å². The first-order valence-electron chi connectivity index (χ1n) is 5.75. The molecule has 0 aliphatic heterocycles. The van der Waals surface area contributed by atoms with Crippen LogP contribution in [0.1, 0.15) is 5.56 Å². The lowest BCUT2D eigenvalue weighted by molar-refractivity contribution is 0.262. The van der Waals surface area contributed by atoms with Gasteiger partial charge in [0, 0.05) is 5.69 Å². The molecule has 0 saturated carbocycles. The third-order valence-corrected chi connectivity index (χ3v) is 2.56. The Labute approximate surface area is 110 Å². The van der Waals surface area contributed by atoms with Gasteiger partial charge in [-0.1, -0.05) is 18.2 Å². The summed E-state index contributed by atoms with van der Waals surface area (Å²) in [7, 11) is 0. The van der Waals surface area contributed by atoms with Gasteiger partial charge in [0.1, 0.15) is 11.5 Å². The van der Waals surface area contributed by atoms with Gasteiger partial charge in [0.2, 0.25) is 0 Å². The van der Waals surface area contributed by atoms with Gasteiger partial charge in [-0.05, 0) is 36.8 Å². The fourth-order valence-corrected chi connectivity index (χ4v) is 1.67. The maximum absolute atomic E-state index is 13.5. The van der Waals surface area contributed by atoms with Crippen molar-refractivity contribution in [1.82, 2.24) is 0 Å². The third-order valence-electron chi connectivity index (χ3n) is 2.56. The number of nitrogen functional groups attached to an aromatic ring is 1. The van der Waals surface area contributed by atoms with Crippen LogP contribution in [-0.4, -0.2) is 6.03 Å². The van der Waals surface area contributed by atoms with E-state index in [0.29, 0.717) is 5.69 Å². The number of para-hydroxylation sites is 1. The fourth-order valence-electron chi connectivity index (χ4n) is 1.67. The molecule has 0 fully saturated rings. The summed E-state index contributed by atoms with van der Waals surface area (Å²) in [6, 6.07) is 11.0. The van der Waals surface area contributed by atoms with Crippen LogP contribution in [0.15, 0.2) is 42.5 Å². The van der Waals surface area contributed by atoms with Gasteiger partial charge >= 0.3 is 6.03 Å². The number of urea groups is 1. The van der Waals surface area contributed by atoms with Gasteiger partial charge in [0.15, 0.2) is 0 Å². The van der Waals surface area contributed by atoms with E-state index in [0.717, 1.165) is 5.56 Å². The average molecular weight is 259 g/mol. The second-order valence-corrected chi connectivity index (χ2v) is 4.15. The lowest BCUT2D eigenvalue weighted by Crippen LogP contribution is -2.21. The Bertz CT molecular complexity index is 593. The molecule has 0 bridgehead atoms. The quantitative estimate of drug-likeness (QED) is 0.724. The standard InChI is InChI=1S/C14H14FN3O/c1-9-4-2-5-10(8-9)17-14(19)18-13-11(15)6-3-7-12(13)16/h2-8H,16H2,1H3,(H2,17,18,19). The lowest BCUT2D eigenvalue weighted by atomic mass is 10.2. The van der Waals surface area contributed by atoms with E-state index in [1.54, 1.807) is 6.07 Å². The highest BCUT2D eigenvalue weighted by Gasteiger charge is 2.09. The summed E-state index contributed by atoms with van der Waals surface area (Å²) in [5.41, 5.74) is 7.41. The Morgan fingerprint density at radius 3 is 2.58 bits per heavy atom. The minimum absolute atomic E-state index is 0.0207. The first kappa shape index (κ1) is 12.9. The van der Waals surface area contributed by atoms with Crippen LogP contribution in [0.25, 0.3) is 0 Å². The molecule has 2 aromatic rings. The summed E-state index contributed by atoms with van der Waals surface area (Å²) in [6.45, 7) is 1.91. The van der Waals surface area contributed by atoms with E-state index in [9.17, 15) is 9.18 Å². The Hall–Kier alpha value is -2.56. The molecule has 0 aliphatic carbocycles. The number of benzene rings is 2. The van der Waals surface area contributed by atoms with E-state index in [1.807, 2.05) is 25.1 Å². The molecule has 5 heteroatoms. The lowest BCUT2D eigenvalue weighted by Gasteiger charge is -2.10. The average Bonchev–Trinajstić information content (AvgIpc) is 2.34. The third kappa shape index (κ3) is 3.22. The van der Waals surface area contributed by atoms with E-state index in [4.69, 9.17) is 5.73 Å². The molecule has 0 spiro atoms. The van der Waals surface area contributed by atoms with Gasteiger partial charge in [-0.2, -0.15) is 0 Å². The highest BCUT2D eigenvalue weighted by molar-refractivity contribution is 6.01. The zero-order valence-corrected chi connectivity index (χ0v) is 10.4. The molecule has 98 valence electrons. The van der Waals surface area contributed by atoms with Crippen molar-refractivity contribution >= 4 is 23.1 Å². The molecule has 2 rings (SSSR count). The number of rotatable bonds is 2. The summed E-state index contributed by atoms with van der Waals surface area (Å²) < 4.78 is 13.5.